The normalized spacial score (nSPS) is 24.5. The van der Waals surface area contributed by atoms with Crippen LogP contribution in [0.15, 0.2) is 37.1 Å². The van der Waals surface area contributed by atoms with Crippen molar-refractivity contribution in [1.82, 2.24) is 4.90 Å². The molecule has 0 N–H and O–H groups in total. The first-order valence-corrected chi connectivity index (χ1v) is 7.29. The van der Waals surface area contributed by atoms with Crippen molar-refractivity contribution >= 4 is 11.8 Å². The molecule has 1 aliphatic rings. The predicted molar refractivity (Wildman–Crippen MR) is 86.2 cm³/mol. The fraction of sp³-hybridized carbons (Fsp3) is 0.556. The van der Waals surface area contributed by atoms with Crippen LogP contribution in [0.2, 0.25) is 0 Å². The van der Waals surface area contributed by atoms with Gasteiger partial charge in [0.2, 0.25) is 11.8 Å². The highest BCUT2D eigenvalue weighted by Gasteiger charge is 2.56. The summed E-state index contributed by atoms with van der Waals surface area (Å²) in [5, 5.41) is 0. The Balaban J connectivity index is 3.45. The number of hydrogen-bond acceptors (Lipinski definition) is 2. The second-order valence-electron chi connectivity index (χ2n) is 7.73. The molecule has 0 saturated carbocycles. The molecule has 3 nitrogen and oxygen atoms in total. The Kier molecular flexibility index (Phi) is 4.66. The minimum atomic E-state index is -0.335. The van der Waals surface area contributed by atoms with E-state index in [1.165, 1.54) is 11.0 Å². The van der Waals surface area contributed by atoms with Crippen molar-refractivity contribution < 1.29 is 9.59 Å². The summed E-state index contributed by atoms with van der Waals surface area (Å²) in [6, 6.07) is 0. The molecule has 0 radical (unpaired) electrons. The fourth-order valence-electron chi connectivity index (χ4n) is 3.02. The van der Waals surface area contributed by atoms with Gasteiger partial charge in [0.25, 0.3) is 0 Å². The van der Waals surface area contributed by atoms with Crippen molar-refractivity contribution in [2.24, 2.45) is 22.7 Å². The molecule has 2 amide bonds. The summed E-state index contributed by atoms with van der Waals surface area (Å²) in [6.07, 6.45) is 4.74. The van der Waals surface area contributed by atoms with Crippen molar-refractivity contribution in [3.63, 3.8) is 0 Å². The van der Waals surface area contributed by atoms with Gasteiger partial charge in [0.15, 0.2) is 0 Å². The van der Waals surface area contributed by atoms with E-state index in [0.717, 1.165) is 0 Å². The van der Waals surface area contributed by atoms with Crippen LogP contribution in [-0.4, -0.2) is 16.7 Å². The monoisotopic (exact) mass is 289 g/mol. The highest BCUT2D eigenvalue weighted by molar-refractivity contribution is 6.07. The first kappa shape index (κ1) is 17.4. The van der Waals surface area contributed by atoms with Crippen LogP contribution < -0.4 is 0 Å². The Morgan fingerprint density at radius 2 is 1.33 bits per heavy atom. The van der Waals surface area contributed by atoms with Gasteiger partial charge < -0.3 is 0 Å². The SMILES string of the molecule is C=C/C=C(\C=C)N1C(=O)C(C(C)(C)C)C(C(C)(C)C)C1=O. The smallest absolute Gasteiger partial charge is 0.238 e. The van der Waals surface area contributed by atoms with Crippen LogP contribution in [0.4, 0.5) is 0 Å². The third-order valence-electron chi connectivity index (χ3n) is 3.93. The van der Waals surface area contributed by atoms with Crippen molar-refractivity contribution in [3.8, 4) is 0 Å². The van der Waals surface area contributed by atoms with E-state index in [0.29, 0.717) is 5.70 Å². The molecule has 1 aliphatic heterocycles. The summed E-state index contributed by atoms with van der Waals surface area (Å²) < 4.78 is 0. The summed E-state index contributed by atoms with van der Waals surface area (Å²) in [5.41, 5.74) is -0.0548. The van der Waals surface area contributed by atoms with Crippen LogP contribution >= 0.6 is 0 Å². The lowest BCUT2D eigenvalue weighted by atomic mass is 9.65. The lowest BCUT2D eigenvalue weighted by Crippen LogP contribution is -2.38. The Morgan fingerprint density at radius 3 is 1.57 bits per heavy atom. The van der Waals surface area contributed by atoms with Gasteiger partial charge in [0.05, 0.1) is 17.5 Å². The number of imide groups is 1. The summed E-state index contributed by atoms with van der Waals surface area (Å²) in [5.74, 6) is -0.947. The lowest BCUT2D eigenvalue weighted by molar-refractivity contribution is -0.138. The van der Waals surface area contributed by atoms with E-state index in [1.807, 2.05) is 41.5 Å². The van der Waals surface area contributed by atoms with E-state index in [-0.39, 0.29) is 34.5 Å². The minimum absolute atomic E-state index is 0.138. The second-order valence-corrected chi connectivity index (χ2v) is 7.73. The average molecular weight is 289 g/mol. The molecule has 0 aromatic heterocycles. The highest BCUT2D eigenvalue weighted by atomic mass is 16.2. The summed E-state index contributed by atoms with van der Waals surface area (Å²) >= 11 is 0. The van der Waals surface area contributed by atoms with Gasteiger partial charge in [-0.25, -0.2) is 0 Å². The summed E-state index contributed by atoms with van der Waals surface area (Å²) in [7, 11) is 0. The zero-order valence-corrected chi connectivity index (χ0v) is 14.1. The van der Waals surface area contributed by atoms with Crippen LogP contribution in [0.1, 0.15) is 41.5 Å². The Bertz CT molecular complexity index is 468. The van der Waals surface area contributed by atoms with E-state index in [4.69, 9.17) is 0 Å². The number of carbonyl (C=O) groups is 2. The average Bonchev–Trinajstić information content (AvgIpc) is 2.58. The van der Waals surface area contributed by atoms with Gasteiger partial charge in [-0.3, -0.25) is 14.5 Å². The molecule has 2 atom stereocenters. The molecule has 1 rings (SSSR count). The molecule has 21 heavy (non-hydrogen) atoms. The lowest BCUT2D eigenvalue weighted by Gasteiger charge is -2.35. The van der Waals surface area contributed by atoms with E-state index in [1.54, 1.807) is 12.2 Å². The minimum Gasteiger partial charge on any atom is -0.274 e. The third-order valence-corrected chi connectivity index (χ3v) is 3.93. The Hall–Kier alpha value is -1.64. The maximum atomic E-state index is 12.9. The molecule has 0 aliphatic carbocycles. The summed E-state index contributed by atoms with van der Waals surface area (Å²) in [4.78, 5) is 27.0. The number of hydrogen-bond donors (Lipinski definition) is 0. The van der Waals surface area contributed by atoms with Gasteiger partial charge in [0.1, 0.15) is 0 Å². The molecule has 0 aromatic carbocycles. The van der Waals surface area contributed by atoms with Crippen LogP contribution in [0.25, 0.3) is 0 Å². The van der Waals surface area contributed by atoms with Crippen LogP contribution in [-0.2, 0) is 9.59 Å². The third kappa shape index (κ3) is 3.17. The van der Waals surface area contributed by atoms with E-state index < -0.39 is 0 Å². The predicted octanol–water partition coefficient (Wildman–Crippen LogP) is 3.94. The van der Waals surface area contributed by atoms with Crippen molar-refractivity contribution in [1.29, 1.82) is 0 Å². The van der Waals surface area contributed by atoms with Crippen molar-refractivity contribution in [3.05, 3.63) is 37.1 Å². The number of nitrogens with zero attached hydrogens (tertiary/aromatic N) is 1. The first-order chi connectivity index (χ1) is 9.46. The van der Waals surface area contributed by atoms with Crippen molar-refractivity contribution in [2.75, 3.05) is 0 Å². The Morgan fingerprint density at radius 1 is 0.952 bits per heavy atom. The van der Waals surface area contributed by atoms with E-state index >= 15 is 0 Å². The molecule has 3 heteroatoms. The standard InChI is InChI=1S/C18H27NO2/c1-9-11-12(10-2)19-15(20)13(17(3,4)5)14(16(19)21)18(6,7)8/h9-11,13-14H,1-2H2,3-8H3/b12-11+. The van der Waals surface area contributed by atoms with Gasteiger partial charge in [-0.2, -0.15) is 0 Å². The van der Waals surface area contributed by atoms with Crippen molar-refractivity contribution in [2.45, 2.75) is 41.5 Å². The number of likely N-dealkylation sites (tertiary alicyclic amines) is 1. The molecule has 2 unspecified atom stereocenters. The maximum absolute atomic E-state index is 12.9. The molecule has 0 aromatic rings. The molecule has 116 valence electrons. The molecule has 1 fully saturated rings. The number of allylic oxidation sites excluding steroid dienone is 3. The number of rotatable bonds is 3. The first-order valence-electron chi connectivity index (χ1n) is 7.29. The van der Waals surface area contributed by atoms with Crippen LogP contribution in [0.3, 0.4) is 0 Å². The van der Waals surface area contributed by atoms with E-state index in [2.05, 4.69) is 13.2 Å². The number of amides is 2. The molecular formula is C18H27NO2. The van der Waals surface area contributed by atoms with Gasteiger partial charge >= 0.3 is 0 Å². The largest absolute Gasteiger partial charge is 0.274 e. The van der Waals surface area contributed by atoms with E-state index in [9.17, 15) is 9.59 Å². The summed E-state index contributed by atoms with van der Waals surface area (Å²) in [6.45, 7) is 19.4. The second kappa shape index (κ2) is 5.63. The Labute approximate surface area is 128 Å². The van der Waals surface area contributed by atoms with Gasteiger partial charge in [-0.1, -0.05) is 60.8 Å². The molecule has 1 saturated heterocycles. The quantitative estimate of drug-likeness (QED) is 0.583. The van der Waals surface area contributed by atoms with Crippen LogP contribution in [0.5, 0.6) is 0 Å². The number of carbonyl (C=O) groups excluding carboxylic acids is 2. The zero-order chi connectivity index (χ0) is 16.6. The zero-order valence-electron chi connectivity index (χ0n) is 14.1. The van der Waals surface area contributed by atoms with Gasteiger partial charge in [0, 0.05) is 0 Å². The molecule has 0 bridgehead atoms. The maximum Gasteiger partial charge on any atom is 0.238 e. The topological polar surface area (TPSA) is 37.4 Å². The molecule has 0 spiro atoms. The van der Waals surface area contributed by atoms with Crippen LogP contribution in [0, 0.1) is 22.7 Å². The molecule has 1 heterocycles. The van der Waals surface area contributed by atoms with Gasteiger partial charge in [-0.15, -0.1) is 0 Å². The highest BCUT2D eigenvalue weighted by Crippen LogP contribution is 2.48. The molecular weight excluding hydrogens is 262 g/mol. The van der Waals surface area contributed by atoms with Gasteiger partial charge in [-0.05, 0) is 23.0 Å². The fourth-order valence-corrected chi connectivity index (χ4v) is 3.02.